The van der Waals surface area contributed by atoms with E-state index in [1.807, 2.05) is 18.2 Å². The summed E-state index contributed by atoms with van der Waals surface area (Å²) in [7, 11) is 4.71. The van der Waals surface area contributed by atoms with Crippen LogP contribution in [0, 0.1) is 0 Å². The molecule has 0 bridgehead atoms. The average Bonchev–Trinajstić information content (AvgIpc) is 2.60. The Hall–Kier alpha value is -2.40. The number of benzene rings is 2. The molecule has 0 fully saturated rings. The van der Waals surface area contributed by atoms with Crippen molar-refractivity contribution in [1.82, 2.24) is 0 Å². The van der Waals surface area contributed by atoms with Crippen molar-refractivity contribution in [1.29, 1.82) is 0 Å². The van der Waals surface area contributed by atoms with Crippen LogP contribution in [0.5, 0.6) is 23.0 Å². The van der Waals surface area contributed by atoms with E-state index >= 15 is 0 Å². The maximum absolute atomic E-state index is 10.5. The number of rotatable bonds is 7. The molecule has 2 rings (SSSR count). The molecule has 0 aliphatic heterocycles. The maximum Gasteiger partial charge on any atom is 0.161 e. The van der Waals surface area contributed by atoms with Crippen molar-refractivity contribution in [2.75, 3.05) is 21.3 Å². The summed E-state index contributed by atoms with van der Waals surface area (Å²) in [5.74, 6) is 2.39. The minimum atomic E-state index is -0.820. The molecule has 1 N–H and O–H groups in total. The highest BCUT2D eigenvalue weighted by Crippen LogP contribution is 2.33. The second kappa shape index (κ2) is 7.74. The summed E-state index contributed by atoms with van der Waals surface area (Å²) in [6, 6.07) is 12.6. The average molecular weight is 318 g/mol. The molecule has 2 atom stereocenters. The van der Waals surface area contributed by atoms with E-state index in [0.717, 1.165) is 0 Å². The monoisotopic (exact) mass is 318 g/mol. The molecular formula is C18H22O5. The number of aliphatic hydroxyl groups is 1. The zero-order chi connectivity index (χ0) is 16.8. The fourth-order valence-electron chi connectivity index (χ4n) is 2.29. The van der Waals surface area contributed by atoms with E-state index in [1.165, 1.54) is 0 Å². The maximum atomic E-state index is 10.5. The van der Waals surface area contributed by atoms with Crippen LogP contribution in [0.1, 0.15) is 18.6 Å². The van der Waals surface area contributed by atoms with Gasteiger partial charge in [-0.2, -0.15) is 0 Å². The Morgan fingerprint density at radius 3 is 1.96 bits per heavy atom. The molecule has 23 heavy (non-hydrogen) atoms. The summed E-state index contributed by atoms with van der Waals surface area (Å²) >= 11 is 0. The van der Waals surface area contributed by atoms with E-state index in [0.29, 0.717) is 28.6 Å². The Bertz CT molecular complexity index is 641. The first kappa shape index (κ1) is 17.0. The van der Waals surface area contributed by atoms with Crippen molar-refractivity contribution in [3.05, 3.63) is 48.0 Å². The topological polar surface area (TPSA) is 57.2 Å². The molecule has 0 heterocycles. The molecule has 0 aliphatic rings. The molecule has 0 spiro atoms. The number of aliphatic hydroxyl groups excluding tert-OH is 1. The Morgan fingerprint density at radius 2 is 1.35 bits per heavy atom. The lowest BCUT2D eigenvalue weighted by Gasteiger charge is -2.22. The van der Waals surface area contributed by atoms with E-state index in [9.17, 15) is 5.11 Å². The SMILES string of the molecule is COc1ccc([C@H](O)[C@H](C)Oc2ccccc2OC)cc1OC. The molecule has 2 aromatic rings. The van der Waals surface area contributed by atoms with Gasteiger partial charge in [0, 0.05) is 0 Å². The third-order valence-electron chi connectivity index (χ3n) is 3.58. The van der Waals surface area contributed by atoms with Crippen LogP contribution in [0.25, 0.3) is 0 Å². The summed E-state index contributed by atoms with van der Waals surface area (Å²) < 4.78 is 21.6. The van der Waals surface area contributed by atoms with Crippen LogP contribution in [0.3, 0.4) is 0 Å². The highest BCUT2D eigenvalue weighted by molar-refractivity contribution is 5.44. The summed E-state index contributed by atoms with van der Waals surface area (Å²) in [5.41, 5.74) is 0.685. The van der Waals surface area contributed by atoms with Gasteiger partial charge in [0.25, 0.3) is 0 Å². The molecule has 2 aromatic carbocycles. The van der Waals surface area contributed by atoms with Gasteiger partial charge in [0.15, 0.2) is 23.0 Å². The first-order valence-electron chi connectivity index (χ1n) is 7.30. The molecule has 0 amide bonds. The molecule has 0 unspecified atom stereocenters. The van der Waals surface area contributed by atoms with Gasteiger partial charge >= 0.3 is 0 Å². The Labute approximate surface area is 136 Å². The van der Waals surface area contributed by atoms with Gasteiger partial charge in [-0.3, -0.25) is 0 Å². The number of hydrogen-bond donors (Lipinski definition) is 1. The second-order valence-electron chi connectivity index (χ2n) is 5.03. The second-order valence-corrected chi connectivity index (χ2v) is 5.03. The lowest BCUT2D eigenvalue weighted by atomic mass is 10.0. The molecule has 124 valence electrons. The van der Waals surface area contributed by atoms with Gasteiger partial charge in [0.1, 0.15) is 12.2 Å². The molecule has 0 aromatic heterocycles. The molecule has 0 saturated carbocycles. The van der Waals surface area contributed by atoms with Crippen LogP contribution in [-0.4, -0.2) is 32.5 Å². The Kier molecular flexibility index (Phi) is 5.71. The van der Waals surface area contributed by atoms with Crippen molar-refractivity contribution >= 4 is 0 Å². The fourth-order valence-corrected chi connectivity index (χ4v) is 2.29. The summed E-state index contributed by atoms with van der Waals surface area (Å²) in [6.45, 7) is 1.80. The van der Waals surface area contributed by atoms with Crippen LogP contribution in [0.4, 0.5) is 0 Å². The number of para-hydroxylation sites is 2. The smallest absolute Gasteiger partial charge is 0.161 e. The quantitative estimate of drug-likeness (QED) is 0.849. The zero-order valence-electron chi connectivity index (χ0n) is 13.8. The highest BCUT2D eigenvalue weighted by Gasteiger charge is 2.21. The molecule has 5 nitrogen and oxygen atoms in total. The Morgan fingerprint density at radius 1 is 0.783 bits per heavy atom. The van der Waals surface area contributed by atoms with Gasteiger partial charge in [-0.15, -0.1) is 0 Å². The molecule has 0 radical (unpaired) electrons. The van der Waals surface area contributed by atoms with E-state index < -0.39 is 12.2 Å². The van der Waals surface area contributed by atoms with Crippen LogP contribution in [0.2, 0.25) is 0 Å². The largest absolute Gasteiger partial charge is 0.493 e. The zero-order valence-corrected chi connectivity index (χ0v) is 13.8. The van der Waals surface area contributed by atoms with Gasteiger partial charge in [-0.05, 0) is 36.8 Å². The minimum Gasteiger partial charge on any atom is -0.493 e. The third-order valence-corrected chi connectivity index (χ3v) is 3.58. The normalized spacial score (nSPS) is 13.1. The molecule has 0 aliphatic carbocycles. The van der Waals surface area contributed by atoms with E-state index in [1.54, 1.807) is 52.5 Å². The molecule has 5 heteroatoms. The lowest BCUT2D eigenvalue weighted by Crippen LogP contribution is -2.22. The van der Waals surface area contributed by atoms with Gasteiger partial charge < -0.3 is 24.1 Å². The van der Waals surface area contributed by atoms with Crippen LogP contribution >= 0.6 is 0 Å². The van der Waals surface area contributed by atoms with Gasteiger partial charge in [-0.25, -0.2) is 0 Å². The highest BCUT2D eigenvalue weighted by atomic mass is 16.5. The van der Waals surface area contributed by atoms with Crippen molar-refractivity contribution in [3.63, 3.8) is 0 Å². The van der Waals surface area contributed by atoms with Gasteiger partial charge in [0.2, 0.25) is 0 Å². The van der Waals surface area contributed by atoms with Crippen LogP contribution in [-0.2, 0) is 0 Å². The third kappa shape index (κ3) is 3.87. The summed E-state index contributed by atoms with van der Waals surface area (Å²) in [5, 5.41) is 10.5. The number of methoxy groups -OCH3 is 3. The summed E-state index contributed by atoms with van der Waals surface area (Å²) in [4.78, 5) is 0. The van der Waals surface area contributed by atoms with E-state index in [-0.39, 0.29) is 0 Å². The van der Waals surface area contributed by atoms with Gasteiger partial charge in [0.05, 0.1) is 21.3 Å². The minimum absolute atomic E-state index is 0.468. The molecule has 0 saturated heterocycles. The van der Waals surface area contributed by atoms with Crippen molar-refractivity contribution in [3.8, 4) is 23.0 Å². The van der Waals surface area contributed by atoms with Crippen LogP contribution in [0.15, 0.2) is 42.5 Å². The first-order chi connectivity index (χ1) is 11.1. The lowest BCUT2D eigenvalue weighted by molar-refractivity contribution is 0.0450. The van der Waals surface area contributed by atoms with Crippen LogP contribution < -0.4 is 18.9 Å². The van der Waals surface area contributed by atoms with Crippen molar-refractivity contribution < 1.29 is 24.1 Å². The summed E-state index contributed by atoms with van der Waals surface area (Å²) in [6.07, 6.45) is -1.29. The number of hydrogen-bond acceptors (Lipinski definition) is 5. The first-order valence-corrected chi connectivity index (χ1v) is 7.30. The fraction of sp³-hybridized carbons (Fsp3) is 0.333. The van der Waals surface area contributed by atoms with Crippen molar-refractivity contribution in [2.45, 2.75) is 19.1 Å². The predicted molar refractivity (Wildman–Crippen MR) is 87.6 cm³/mol. The van der Waals surface area contributed by atoms with Gasteiger partial charge in [-0.1, -0.05) is 18.2 Å². The van der Waals surface area contributed by atoms with Crippen molar-refractivity contribution in [2.24, 2.45) is 0 Å². The predicted octanol–water partition coefficient (Wildman–Crippen LogP) is 3.21. The standard InChI is InChI=1S/C18H22O5/c1-12(23-16-8-6-5-7-14(16)20-2)18(19)13-9-10-15(21-3)17(11-13)22-4/h5-12,18-19H,1-4H3/t12-,18+/m0/s1. The molecular weight excluding hydrogens is 296 g/mol. The number of ether oxygens (including phenoxy) is 4. The van der Waals surface area contributed by atoms with E-state index in [4.69, 9.17) is 18.9 Å². The Balaban J connectivity index is 2.17. The van der Waals surface area contributed by atoms with E-state index in [2.05, 4.69) is 0 Å².